The van der Waals surface area contributed by atoms with Gasteiger partial charge in [0.25, 0.3) is 0 Å². The lowest BCUT2D eigenvalue weighted by Crippen LogP contribution is -2.41. The summed E-state index contributed by atoms with van der Waals surface area (Å²) in [5, 5.41) is 3.58. The van der Waals surface area contributed by atoms with Gasteiger partial charge in [0.15, 0.2) is 0 Å². The Bertz CT molecular complexity index is 380. The molecule has 0 spiro atoms. The zero-order chi connectivity index (χ0) is 13.1. The van der Waals surface area contributed by atoms with E-state index in [0.29, 0.717) is 18.6 Å². The van der Waals surface area contributed by atoms with Crippen molar-refractivity contribution in [2.75, 3.05) is 6.61 Å². The second kappa shape index (κ2) is 5.76. The molecule has 4 heteroatoms. The highest BCUT2D eigenvalue weighted by Crippen LogP contribution is 2.24. The second-order valence-corrected chi connectivity index (χ2v) is 5.29. The van der Waals surface area contributed by atoms with Crippen LogP contribution >= 0.6 is 0 Å². The second-order valence-electron chi connectivity index (χ2n) is 5.29. The Morgan fingerprint density at radius 2 is 2.22 bits per heavy atom. The van der Waals surface area contributed by atoms with Crippen LogP contribution in [0.2, 0.25) is 0 Å². The van der Waals surface area contributed by atoms with Crippen molar-refractivity contribution in [2.24, 2.45) is 5.92 Å². The van der Waals surface area contributed by atoms with Crippen molar-refractivity contribution in [2.45, 2.75) is 45.4 Å². The normalized spacial score (nSPS) is 29.3. The SMILES string of the molecule is CC(C)C1CCOC(c2ccc(F)cn2)C(C)N1. The van der Waals surface area contributed by atoms with Crippen molar-refractivity contribution in [1.29, 1.82) is 0 Å². The lowest BCUT2D eigenvalue weighted by molar-refractivity contribution is 0.0430. The molecule has 1 aromatic rings. The van der Waals surface area contributed by atoms with Gasteiger partial charge in [0.2, 0.25) is 0 Å². The fourth-order valence-electron chi connectivity index (χ4n) is 2.40. The summed E-state index contributed by atoms with van der Waals surface area (Å²) in [6.45, 7) is 7.22. The molecule has 0 bridgehead atoms. The van der Waals surface area contributed by atoms with Gasteiger partial charge >= 0.3 is 0 Å². The van der Waals surface area contributed by atoms with E-state index in [1.54, 1.807) is 6.07 Å². The number of aromatic nitrogens is 1. The van der Waals surface area contributed by atoms with Crippen molar-refractivity contribution in [1.82, 2.24) is 10.3 Å². The van der Waals surface area contributed by atoms with Gasteiger partial charge in [-0.05, 0) is 31.4 Å². The molecule has 0 aliphatic carbocycles. The summed E-state index contributed by atoms with van der Waals surface area (Å²) in [6, 6.07) is 3.78. The zero-order valence-corrected chi connectivity index (χ0v) is 11.2. The van der Waals surface area contributed by atoms with Gasteiger partial charge in [-0.3, -0.25) is 4.98 Å². The topological polar surface area (TPSA) is 34.1 Å². The van der Waals surface area contributed by atoms with Gasteiger partial charge in [0.1, 0.15) is 11.9 Å². The number of ether oxygens (including phenoxy) is 1. The summed E-state index contributed by atoms with van der Waals surface area (Å²) in [6.07, 6.45) is 2.14. The molecule has 3 atom stereocenters. The predicted molar refractivity (Wildman–Crippen MR) is 68.7 cm³/mol. The van der Waals surface area contributed by atoms with Gasteiger partial charge in [-0.15, -0.1) is 0 Å². The number of rotatable bonds is 2. The standard InChI is InChI=1S/C14H21FN2O/c1-9(2)12-6-7-18-14(10(3)17-12)13-5-4-11(15)8-16-13/h4-5,8-10,12,14,17H,6-7H2,1-3H3. The Kier molecular flexibility index (Phi) is 4.30. The van der Waals surface area contributed by atoms with Gasteiger partial charge in [0, 0.05) is 18.7 Å². The first-order valence-corrected chi connectivity index (χ1v) is 6.57. The third-order valence-corrected chi connectivity index (χ3v) is 3.50. The Morgan fingerprint density at radius 3 is 2.83 bits per heavy atom. The van der Waals surface area contributed by atoms with Crippen LogP contribution in [0.1, 0.15) is 39.0 Å². The monoisotopic (exact) mass is 252 g/mol. The van der Waals surface area contributed by atoms with Crippen LogP contribution in [0.15, 0.2) is 18.3 Å². The van der Waals surface area contributed by atoms with Gasteiger partial charge < -0.3 is 10.1 Å². The molecule has 0 aromatic carbocycles. The molecule has 0 radical (unpaired) electrons. The molecule has 0 saturated carbocycles. The van der Waals surface area contributed by atoms with Crippen LogP contribution in [0.25, 0.3) is 0 Å². The molecule has 100 valence electrons. The summed E-state index contributed by atoms with van der Waals surface area (Å²) in [7, 11) is 0. The summed E-state index contributed by atoms with van der Waals surface area (Å²) >= 11 is 0. The van der Waals surface area contributed by atoms with Crippen LogP contribution in [-0.4, -0.2) is 23.7 Å². The molecular weight excluding hydrogens is 231 g/mol. The molecular formula is C14H21FN2O. The molecule has 1 aliphatic heterocycles. The van der Waals surface area contributed by atoms with E-state index < -0.39 is 0 Å². The molecule has 1 aromatic heterocycles. The average Bonchev–Trinajstić information content (AvgIpc) is 2.52. The first-order valence-electron chi connectivity index (χ1n) is 6.57. The Labute approximate surface area is 108 Å². The fourth-order valence-corrected chi connectivity index (χ4v) is 2.40. The molecule has 2 heterocycles. The Hall–Kier alpha value is -1.00. The number of hydrogen-bond acceptors (Lipinski definition) is 3. The summed E-state index contributed by atoms with van der Waals surface area (Å²) in [4.78, 5) is 4.12. The first-order chi connectivity index (χ1) is 8.58. The lowest BCUT2D eigenvalue weighted by atomic mass is 10.00. The smallest absolute Gasteiger partial charge is 0.141 e. The van der Waals surface area contributed by atoms with Crippen LogP contribution < -0.4 is 5.32 Å². The number of hydrogen-bond donors (Lipinski definition) is 1. The van der Waals surface area contributed by atoms with Crippen LogP contribution in [0, 0.1) is 11.7 Å². The first kappa shape index (κ1) is 13.4. The van der Waals surface area contributed by atoms with Crippen molar-refractivity contribution in [3.63, 3.8) is 0 Å². The molecule has 1 fully saturated rings. The van der Waals surface area contributed by atoms with Gasteiger partial charge in [-0.1, -0.05) is 13.8 Å². The molecule has 3 nitrogen and oxygen atoms in total. The highest BCUT2D eigenvalue weighted by atomic mass is 19.1. The number of halogens is 1. The summed E-state index contributed by atoms with van der Waals surface area (Å²) in [5.74, 6) is 0.268. The maximum absolute atomic E-state index is 12.9. The maximum atomic E-state index is 12.9. The van der Waals surface area contributed by atoms with E-state index in [4.69, 9.17) is 4.74 Å². The van der Waals surface area contributed by atoms with Crippen molar-refractivity contribution >= 4 is 0 Å². The van der Waals surface area contributed by atoms with Crippen LogP contribution in [-0.2, 0) is 4.74 Å². The van der Waals surface area contributed by atoms with Crippen LogP contribution in [0.3, 0.4) is 0 Å². The molecule has 1 N–H and O–H groups in total. The van der Waals surface area contributed by atoms with Crippen molar-refractivity contribution in [3.05, 3.63) is 29.8 Å². The fraction of sp³-hybridized carbons (Fsp3) is 0.643. The Morgan fingerprint density at radius 1 is 1.44 bits per heavy atom. The van der Waals surface area contributed by atoms with E-state index in [-0.39, 0.29) is 18.0 Å². The van der Waals surface area contributed by atoms with E-state index in [9.17, 15) is 4.39 Å². The number of nitrogens with one attached hydrogen (secondary N) is 1. The van der Waals surface area contributed by atoms with Crippen molar-refractivity contribution < 1.29 is 9.13 Å². The predicted octanol–water partition coefficient (Wildman–Crippen LogP) is 2.68. The third-order valence-electron chi connectivity index (χ3n) is 3.50. The van der Waals surface area contributed by atoms with Crippen LogP contribution in [0.4, 0.5) is 4.39 Å². The molecule has 18 heavy (non-hydrogen) atoms. The molecule has 0 amide bonds. The minimum absolute atomic E-state index is 0.102. The van der Waals surface area contributed by atoms with Crippen LogP contribution in [0.5, 0.6) is 0 Å². The van der Waals surface area contributed by atoms with E-state index in [0.717, 1.165) is 12.1 Å². The highest BCUT2D eigenvalue weighted by molar-refractivity contribution is 5.11. The van der Waals surface area contributed by atoms with E-state index in [2.05, 4.69) is 31.1 Å². The van der Waals surface area contributed by atoms with Crippen molar-refractivity contribution in [3.8, 4) is 0 Å². The van der Waals surface area contributed by atoms with E-state index in [1.165, 1.54) is 12.3 Å². The summed E-state index contributed by atoms with van der Waals surface area (Å²) in [5.41, 5.74) is 0.792. The lowest BCUT2D eigenvalue weighted by Gasteiger charge is -2.25. The minimum atomic E-state index is -0.312. The van der Waals surface area contributed by atoms with Gasteiger partial charge in [-0.25, -0.2) is 4.39 Å². The number of nitrogens with zero attached hydrogens (tertiary/aromatic N) is 1. The maximum Gasteiger partial charge on any atom is 0.141 e. The highest BCUT2D eigenvalue weighted by Gasteiger charge is 2.28. The molecule has 2 rings (SSSR count). The van der Waals surface area contributed by atoms with E-state index >= 15 is 0 Å². The van der Waals surface area contributed by atoms with E-state index in [1.807, 2.05) is 0 Å². The molecule has 1 aliphatic rings. The molecule has 1 saturated heterocycles. The van der Waals surface area contributed by atoms with Gasteiger partial charge in [0.05, 0.1) is 11.9 Å². The quantitative estimate of drug-likeness (QED) is 0.878. The largest absolute Gasteiger partial charge is 0.370 e. The minimum Gasteiger partial charge on any atom is -0.370 e. The Balaban J connectivity index is 2.11. The summed E-state index contributed by atoms with van der Waals surface area (Å²) < 4.78 is 18.8. The average molecular weight is 252 g/mol. The zero-order valence-electron chi connectivity index (χ0n) is 11.2. The number of pyridine rings is 1. The van der Waals surface area contributed by atoms with Gasteiger partial charge in [-0.2, -0.15) is 0 Å². The molecule has 3 unspecified atom stereocenters. The third kappa shape index (κ3) is 3.06.